The van der Waals surface area contributed by atoms with Gasteiger partial charge in [0.15, 0.2) is 0 Å². The van der Waals surface area contributed by atoms with Crippen molar-refractivity contribution in [2.24, 2.45) is 0 Å². The van der Waals surface area contributed by atoms with Crippen molar-refractivity contribution in [2.75, 3.05) is 0 Å². The number of benzene rings is 3. The second-order valence-electron chi connectivity index (χ2n) is 5.58. The molecule has 0 aliphatic heterocycles. The van der Waals surface area contributed by atoms with Crippen molar-refractivity contribution < 1.29 is 0 Å². The number of nitrogens with zero attached hydrogens (tertiary/aromatic N) is 2. The van der Waals surface area contributed by atoms with Crippen molar-refractivity contribution in [3.63, 3.8) is 0 Å². The lowest BCUT2D eigenvalue weighted by Crippen LogP contribution is -2.06. The van der Waals surface area contributed by atoms with Gasteiger partial charge in [-0.25, -0.2) is 4.98 Å². The lowest BCUT2D eigenvalue weighted by Gasteiger charge is -2.06. The number of hydrogen-bond donors (Lipinski definition) is 0. The molecular formula is C18H8Cl2N2O. The number of hydrogen-bond acceptors (Lipinski definition) is 2. The van der Waals surface area contributed by atoms with Gasteiger partial charge in [-0.2, -0.15) is 0 Å². The quantitative estimate of drug-likeness (QED) is 0.402. The molecule has 5 aromatic rings. The zero-order chi connectivity index (χ0) is 15.7. The van der Waals surface area contributed by atoms with E-state index >= 15 is 0 Å². The highest BCUT2D eigenvalue weighted by molar-refractivity contribution is 6.43. The van der Waals surface area contributed by atoms with Crippen LogP contribution in [0.4, 0.5) is 0 Å². The van der Waals surface area contributed by atoms with Crippen LogP contribution in [0.25, 0.3) is 38.2 Å². The molecule has 0 saturated heterocycles. The van der Waals surface area contributed by atoms with E-state index in [1.54, 1.807) is 18.2 Å². The maximum absolute atomic E-state index is 12.5. The first-order valence-electron chi connectivity index (χ1n) is 7.08. The van der Waals surface area contributed by atoms with E-state index in [1.165, 1.54) is 0 Å². The van der Waals surface area contributed by atoms with Gasteiger partial charge in [-0.1, -0.05) is 41.4 Å². The maximum atomic E-state index is 12.5. The Hall–Kier alpha value is -2.36. The standard InChI is InChI=1S/C18H8Cl2N2O/c19-12-6-10-8-22-17-15(23)5-4-9-2-1-3-14(16(9)17)21-18(22)11(10)7-13(12)20/h1-8H. The molecule has 0 fully saturated rings. The molecule has 0 atom stereocenters. The summed E-state index contributed by atoms with van der Waals surface area (Å²) >= 11 is 12.3. The first kappa shape index (κ1) is 13.1. The summed E-state index contributed by atoms with van der Waals surface area (Å²) in [6.45, 7) is 0. The fraction of sp³-hybridized carbons (Fsp3) is 0. The molecule has 0 aliphatic rings. The Bertz CT molecular complexity index is 1310. The van der Waals surface area contributed by atoms with Crippen LogP contribution in [0, 0.1) is 0 Å². The zero-order valence-corrected chi connectivity index (χ0v) is 13.2. The molecule has 3 nitrogen and oxygen atoms in total. The van der Waals surface area contributed by atoms with Crippen molar-refractivity contribution >= 4 is 61.4 Å². The molecule has 0 spiro atoms. The van der Waals surface area contributed by atoms with Crippen LogP contribution in [0.2, 0.25) is 10.0 Å². The van der Waals surface area contributed by atoms with E-state index in [0.717, 1.165) is 27.1 Å². The average molecular weight is 339 g/mol. The SMILES string of the molecule is O=c1ccc2cccc3nc4c5cc(Cl)c(Cl)cc5cn4c1c23. The summed E-state index contributed by atoms with van der Waals surface area (Å²) in [7, 11) is 0. The smallest absolute Gasteiger partial charge is 0.203 e. The Morgan fingerprint density at radius 3 is 2.65 bits per heavy atom. The maximum Gasteiger partial charge on any atom is 0.203 e. The molecule has 23 heavy (non-hydrogen) atoms. The van der Waals surface area contributed by atoms with Gasteiger partial charge in [-0.3, -0.25) is 9.20 Å². The van der Waals surface area contributed by atoms with E-state index in [0.29, 0.717) is 21.2 Å². The average Bonchev–Trinajstić information content (AvgIpc) is 2.88. The molecule has 0 amide bonds. The van der Waals surface area contributed by atoms with Crippen LogP contribution in [0.15, 0.2) is 53.5 Å². The minimum Gasteiger partial charge on any atom is -0.296 e. The Balaban J connectivity index is 2.17. The second kappa shape index (κ2) is 4.34. The van der Waals surface area contributed by atoms with Crippen LogP contribution in [-0.2, 0) is 0 Å². The number of rotatable bonds is 0. The minimum absolute atomic E-state index is 0.0291. The van der Waals surface area contributed by atoms with Crippen LogP contribution < -0.4 is 5.43 Å². The third kappa shape index (κ3) is 1.66. The van der Waals surface area contributed by atoms with Crippen molar-refractivity contribution in [1.29, 1.82) is 0 Å². The number of halogens is 2. The number of aromatic nitrogens is 2. The van der Waals surface area contributed by atoms with Crippen LogP contribution in [0.5, 0.6) is 0 Å². The summed E-state index contributed by atoms with van der Waals surface area (Å²) in [6.07, 6.45) is 1.89. The normalized spacial score (nSPS) is 12.1. The van der Waals surface area contributed by atoms with E-state index < -0.39 is 0 Å². The van der Waals surface area contributed by atoms with Gasteiger partial charge in [0.2, 0.25) is 5.43 Å². The van der Waals surface area contributed by atoms with Crippen LogP contribution in [0.1, 0.15) is 0 Å². The van der Waals surface area contributed by atoms with Gasteiger partial charge in [-0.05, 0) is 29.7 Å². The first-order valence-corrected chi connectivity index (χ1v) is 7.84. The molecule has 0 bridgehead atoms. The summed E-state index contributed by atoms with van der Waals surface area (Å²) in [5, 5.41) is 4.63. The van der Waals surface area contributed by atoms with Crippen LogP contribution >= 0.6 is 23.2 Å². The summed E-state index contributed by atoms with van der Waals surface area (Å²) in [4.78, 5) is 17.3. The third-order valence-corrected chi connectivity index (χ3v) is 4.98. The molecule has 2 aromatic heterocycles. The Labute approximate surface area is 140 Å². The first-order chi connectivity index (χ1) is 11.1. The molecule has 0 radical (unpaired) electrons. The molecular weight excluding hydrogens is 331 g/mol. The van der Waals surface area contributed by atoms with E-state index in [9.17, 15) is 4.79 Å². The van der Waals surface area contributed by atoms with Gasteiger partial charge < -0.3 is 0 Å². The molecule has 110 valence electrons. The number of fused-ring (bicyclic) bond motifs is 4. The Morgan fingerprint density at radius 1 is 0.957 bits per heavy atom. The highest BCUT2D eigenvalue weighted by Gasteiger charge is 2.15. The molecule has 5 rings (SSSR count). The van der Waals surface area contributed by atoms with Gasteiger partial charge in [0.25, 0.3) is 0 Å². The summed E-state index contributed by atoms with van der Waals surface area (Å²) in [6, 6.07) is 12.9. The lowest BCUT2D eigenvalue weighted by atomic mass is 10.1. The molecule has 2 heterocycles. The zero-order valence-electron chi connectivity index (χ0n) is 11.7. The van der Waals surface area contributed by atoms with Crippen molar-refractivity contribution in [3.8, 4) is 0 Å². The highest BCUT2D eigenvalue weighted by Crippen LogP contribution is 2.33. The third-order valence-electron chi connectivity index (χ3n) is 4.26. The monoisotopic (exact) mass is 338 g/mol. The van der Waals surface area contributed by atoms with Gasteiger partial charge in [0.1, 0.15) is 11.2 Å². The summed E-state index contributed by atoms with van der Waals surface area (Å²) in [5.41, 5.74) is 2.11. The highest BCUT2D eigenvalue weighted by atomic mass is 35.5. The topological polar surface area (TPSA) is 34.4 Å². The molecule has 5 heteroatoms. The summed E-state index contributed by atoms with van der Waals surface area (Å²) in [5.74, 6) is 0. The van der Waals surface area contributed by atoms with Gasteiger partial charge in [0, 0.05) is 22.4 Å². The van der Waals surface area contributed by atoms with Gasteiger partial charge >= 0.3 is 0 Å². The van der Waals surface area contributed by atoms with Gasteiger partial charge in [0.05, 0.1) is 15.6 Å². The molecule has 0 unspecified atom stereocenters. The molecule has 3 aromatic carbocycles. The lowest BCUT2D eigenvalue weighted by molar-refractivity contribution is 1.22. The Kier molecular flexibility index (Phi) is 2.48. The Morgan fingerprint density at radius 2 is 1.78 bits per heavy atom. The van der Waals surface area contributed by atoms with E-state index in [2.05, 4.69) is 0 Å². The van der Waals surface area contributed by atoms with Crippen molar-refractivity contribution in [1.82, 2.24) is 9.38 Å². The predicted molar refractivity (Wildman–Crippen MR) is 95.2 cm³/mol. The summed E-state index contributed by atoms with van der Waals surface area (Å²) < 4.78 is 1.84. The van der Waals surface area contributed by atoms with Crippen molar-refractivity contribution in [3.05, 3.63) is 68.9 Å². The second-order valence-corrected chi connectivity index (χ2v) is 6.39. The predicted octanol–water partition coefficient (Wildman–Crippen LogP) is 4.90. The van der Waals surface area contributed by atoms with E-state index in [-0.39, 0.29) is 5.43 Å². The molecule has 0 saturated carbocycles. The van der Waals surface area contributed by atoms with Crippen LogP contribution in [-0.4, -0.2) is 9.38 Å². The van der Waals surface area contributed by atoms with Crippen LogP contribution in [0.3, 0.4) is 0 Å². The largest absolute Gasteiger partial charge is 0.296 e. The van der Waals surface area contributed by atoms with Gasteiger partial charge in [-0.15, -0.1) is 0 Å². The fourth-order valence-corrected chi connectivity index (χ4v) is 3.58. The minimum atomic E-state index is -0.0291. The van der Waals surface area contributed by atoms with E-state index in [4.69, 9.17) is 28.2 Å². The van der Waals surface area contributed by atoms with E-state index in [1.807, 2.05) is 34.9 Å². The molecule has 0 N–H and O–H groups in total. The van der Waals surface area contributed by atoms with Crippen molar-refractivity contribution in [2.45, 2.75) is 0 Å². The molecule has 0 aliphatic carbocycles. The fourth-order valence-electron chi connectivity index (χ4n) is 3.25.